The van der Waals surface area contributed by atoms with Gasteiger partial charge in [0.15, 0.2) is 0 Å². The molecule has 2 fully saturated rings. The normalized spacial score (nSPS) is 33.4. The molecule has 1 aliphatic carbocycles. The lowest BCUT2D eigenvalue weighted by Gasteiger charge is -2.33. The lowest BCUT2D eigenvalue weighted by molar-refractivity contribution is -0.184. The highest BCUT2D eigenvalue weighted by atomic mass is 19.4. The van der Waals surface area contributed by atoms with E-state index in [-0.39, 0.29) is 25.0 Å². The van der Waals surface area contributed by atoms with Gasteiger partial charge in [-0.05, 0) is 25.2 Å². The van der Waals surface area contributed by atoms with E-state index in [4.69, 9.17) is 0 Å². The Bertz CT molecular complexity index is 306. The molecule has 1 aliphatic heterocycles. The summed E-state index contributed by atoms with van der Waals surface area (Å²) in [6.45, 7) is 2.25. The molecule has 3 nitrogen and oxygen atoms in total. The van der Waals surface area contributed by atoms with Gasteiger partial charge in [0.05, 0.1) is 5.92 Å². The fourth-order valence-corrected chi connectivity index (χ4v) is 2.20. The molecule has 3 atom stereocenters. The molecule has 6 heteroatoms. The number of halogens is 3. The molecule has 0 spiro atoms. The molecule has 2 aliphatic rings. The lowest BCUT2D eigenvalue weighted by Crippen LogP contribution is -2.49. The fraction of sp³-hybridized carbons (Fsp3) is 0.909. The third-order valence-electron chi connectivity index (χ3n) is 3.59. The highest BCUT2D eigenvalue weighted by Gasteiger charge is 2.43. The first kappa shape index (κ1) is 12.5. The average molecular weight is 250 g/mol. The molecule has 0 aromatic rings. The van der Waals surface area contributed by atoms with Crippen LogP contribution in [0.1, 0.15) is 26.2 Å². The molecule has 1 N–H and O–H groups in total. The zero-order chi connectivity index (χ0) is 12.6. The molecule has 17 heavy (non-hydrogen) atoms. The Kier molecular flexibility index (Phi) is 3.23. The Hall–Kier alpha value is -0.940. The van der Waals surface area contributed by atoms with Crippen molar-refractivity contribution < 1.29 is 18.0 Å². The number of carbonyl (C=O) groups is 1. The molecular weight excluding hydrogens is 233 g/mol. The van der Waals surface area contributed by atoms with E-state index in [9.17, 15) is 18.0 Å². The van der Waals surface area contributed by atoms with Crippen molar-refractivity contribution >= 4 is 6.03 Å². The minimum absolute atomic E-state index is 0.132. The maximum absolute atomic E-state index is 12.6. The standard InChI is InChI=1S/C11H17F3N2O/c1-7-5-9(7)15-10(17)16-4-2-3-8(6-16)11(12,13)14/h7-9H,2-6H2,1H3,(H,15,17)/t7-,8+,9+/m1/s1. The van der Waals surface area contributed by atoms with Crippen molar-refractivity contribution in [1.29, 1.82) is 0 Å². The van der Waals surface area contributed by atoms with Crippen LogP contribution in [0.25, 0.3) is 0 Å². The summed E-state index contributed by atoms with van der Waals surface area (Å²) in [5.74, 6) is -0.902. The van der Waals surface area contributed by atoms with Crippen LogP contribution in [0.2, 0.25) is 0 Å². The van der Waals surface area contributed by atoms with Crippen LogP contribution in [0.15, 0.2) is 0 Å². The molecule has 0 aromatic heterocycles. The quantitative estimate of drug-likeness (QED) is 0.761. The number of alkyl halides is 3. The molecule has 0 bridgehead atoms. The lowest BCUT2D eigenvalue weighted by atomic mass is 9.98. The molecule has 1 heterocycles. The number of carbonyl (C=O) groups excluding carboxylic acids is 1. The molecule has 0 aromatic carbocycles. The molecule has 0 unspecified atom stereocenters. The summed E-state index contributed by atoms with van der Waals surface area (Å²) in [6, 6.07) is -0.179. The van der Waals surface area contributed by atoms with E-state index in [0.717, 1.165) is 6.42 Å². The van der Waals surface area contributed by atoms with E-state index < -0.39 is 12.1 Å². The van der Waals surface area contributed by atoms with E-state index in [1.54, 1.807) is 0 Å². The van der Waals surface area contributed by atoms with Crippen molar-refractivity contribution in [3.8, 4) is 0 Å². The van der Waals surface area contributed by atoms with Gasteiger partial charge in [-0.1, -0.05) is 6.92 Å². The Morgan fingerprint density at radius 3 is 2.59 bits per heavy atom. The second-order valence-electron chi connectivity index (χ2n) is 5.10. The van der Waals surface area contributed by atoms with Gasteiger partial charge in [-0.3, -0.25) is 0 Å². The van der Waals surface area contributed by atoms with Gasteiger partial charge in [0.2, 0.25) is 0 Å². The van der Waals surface area contributed by atoms with E-state index in [1.165, 1.54) is 4.90 Å². The predicted molar refractivity (Wildman–Crippen MR) is 56.5 cm³/mol. The van der Waals surface area contributed by atoms with Crippen molar-refractivity contribution in [2.24, 2.45) is 11.8 Å². The molecule has 98 valence electrons. The highest BCUT2D eigenvalue weighted by Crippen LogP contribution is 2.34. The Morgan fingerprint density at radius 1 is 1.41 bits per heavy atom. The Labute approximate surface area is 98.3 Å². The van der Waals surface area contributed by atoms with Crippen molar-refractivity contribution in [3.05, 3.63) is 0 Å². The summed E-state index contributed by atoms with van der Waals surface area (Å²) in [7, 11) is 0. The number of urea groups is 1. The van der Waals surface area contributed by atoms with Gasteiger partial charge in [-0.25, -0.2) is 4.79 Å². The zero-order valence-corrected chi connectivity index (χ0v) is 9.76. The molecule has 2 amide bonds. The van der Waals surface area contributed by atoms with E-state index in [1.807, 2.05) is 6.92 Å². The highest BCUT2D eigenvalue weighted by molar-refractivity contribution is 5.75. The van der Waals surface area contributed by atoms with Crippen LogP contribution in [-0.4, -0.2) is 36.2 Å². The SMILES string of the molecule is C[C@@H]1C[C@@H]1NC(=O)N1CCC[C@H](C(F)(F)F)C1. The summed E-state index contributed by atoms with van der Waals surface area (Å²) in [6.07, 6.45) is -2.70. The zero-order valence-electron chi connectivity index (χ0n) is 9.76. The predicted octanol–water partition coefficient (Wildman–Crippen LogP) is 2.38. The second kappa shape index (κ2) is 4.38. The maximum atomic E-state index is 12.6. The fourth-order valence-electron chi connectivity index (χ4n) is 2.20. The van der Waals surface area contributed by atoms with Crippen LogP contribution in [0.3, 0.4) is 0 Å². The smallest absolute Gasteiger partial charge is 0.335 e. The van der Waals surface area contributed by atoms with Gasteiger partial charge < -0.3 is 10.2 Å². The van der Waals surface area contributed by atoms with E-state index in [0.29, 0.717) is 18.9 Å². The number of nitrogens with zero attached hydrogens (tertiary/aromatic N) is 1. The van der Waals surface area contributed by atoms with E-state index >= 15 is 0 Å². The van der Waals surface area contributed by atoms with Gasteiger partial charge in [-0.2, -0.15) is 13.2 Å². The second-order valence-corrected chi connectivity index (χ2v) is 5.10. The average Bonchev–Trinajstić information content (AvgIpc) is 2.93. The number of likely N-dealkylation sites (tertiary alicyclic amines) is 1. The van der Waals surface area contributed by atoms with Crippen LogP contribution in [-0.2, 0) is 0 Å². The van der Waals surface area contributed by atoms with Crippen molar-refractivity contribution in [3.63, 3.8) is 0 Å². The van der Waals surface area contributed by atoms with Crippen molar-refractivity contribution in [2.75, 3.05) is 13.1 Å². The van der Waals surface area contributed by atoms with E-state index in [2.05, 4.69) is 5.32 Å². The third kappa shape index (κ3) is 3.04. The molecule has 1 saturated heterocycles. The van der Waals surface area contributed by atoms with Crippen LogP contribution >= 0.6 is 0 Å². The molecule has 2 rings (SSSR count). The Morgan fingerprint density at radius 2 is 2.06 bits per heavy atom. The van der Waals surface area contributed by atoms with Crippen LogP contribution in [0.4, 0.5) is 18.0 Å². The van der Waals surface area contributed by atoms with Crippen molar-refractivity contribution in [1.82, 2.24) is 10.2 Å². The number of rotatable bonds is 1. The maximum Gasteiger partial charge on any atom is 0.393 e. The summed E-state index contributed by atoms with van der Waals surface area (Å²) in [5, 5.41) is 2.76. The first-order chi connectivity index (χ1) is 7.88. The van der Waals surface area contributed by atoms with Crippen LogP contribution in [0.5, 0.6) is 0 Å². The van der Waals surface area contributed by atoms with Crippen molar-refractivity contribution in [2.45, 2.75) is 38.4 Å². The van der Waals surface area contributed by atoms with Crippen LogP contribution in [0, 0.1) is 11.8 Å². The van der Waals surface area contributed by atoms with Gasteiger partial charge in [0.1, 0.15) is 0 Å². The largest absolute Gasteiger partial charge is 0.393 e. The Balaban J connectivity index is 1.86. The van der Waals surface area contributed by atoms with Gasteiger partial charge >= 0.3 is 12.2 Å². The number of nitrogens with one attached hydrogen (secondary N) is 1. The minimum atomic E-state index is -4.19. The monoisotopic (exact) mass is 250 g/mol. The topological polar surface area (TPSA) is 32.3 Å². The third-order valence-corrected chi connectivity index (χ3v) is 3.59. The van der Waals surface area contributed by atoms with Gasteiger partial charge in [-0.15, -0.1) is 0 Å². The summed E-state index contributed by atoms with van der Waals surface area (Å²) in [4.78, 5) is 13.0. The number of hydrogen-bond donors (Lipinski definition) is 1. The summed E-state index contributed by atoms with van der Waals surface area (Å²) < 4.78 is 37.7. The van der Waals surface area contributed by atoms with Crippen LogP contribution < -0.4 is 5.32 Å². The first-order valence-electron chi connectivity index (χ1n) is 6.00. The number of hydrogen-bond acceptors (Lipinski definition) is 1. The first-order valence-corrected chi connectivity index (χ1v) is 6.00. The molecule has 1 saturated carbocycles. The van der Waals surface area contributed by atoms with Gasteiger partial charge in [0.25, 0.3) is 0 Å². The molecular formula is C11H17F3N2O. The number of piperidine rings is 1. The summed E-state index contributed by atoms with van der Waals surface area (Å²) >= 11 is 0. The number of amides is 2. The minimum Gasteiger partial charge on any atom is -0.335 e. The molecule has 0 radical (unpaired) electrons. The summed E-state index contributed by atoms with van der Waals surface area (Å²) in [5.41, 5.74) is 0. The van der Waals surface area contributed by atoms with Gasteiger partial charge in [0, 0.05) is 19.1 Å².